The van der Waals surface area contributed by atoms with Gasteiger partial charge < -0.3 is 18.6 Å². The fourth-order valence-corrected chi connectivity index (χ4v) is 4.43. The third-order valence-electron chi connectivity index (χ3n) is 7.50. The zero-order valence-electron chi connectivity index (χ0n) is 23.8. The number of unbranched alkanes of at least 4 members (excludes halogenated alkanes) is 3. The zero-order chi connectivity index (χ0) is 27.9. The summed E-state index contributed by atoms with van der Waals surface area (Å²) in [5, 5.41) is 0.725. The minimum Gasteiger partial charge on any atom is -0.497 e. The predicted octanol–water partition coefficient (Wildman–Crippen LogP) is 6.97. The molecule has 0 bridgehead atoms. The van der Waals surface area contributed by atoms with Crippen LogP contribution in [0.25, 0.3) is 22.1 Å². The van der Waals surface area contributed by atoms with Gasteiger partial charge in [-0.25, -0.2) is 9.78 Å². The van der Waals surface area contributed by atoms with E-state index in [9.17, 15) is 9.59 Å². The van der Waals surface area contributed by atoms with Gasteiger partial charge in [-0.15, -0.1) is 0 Å². The number of pyridine rings is 1. The van der Waals surface area contributed by atoms with E-state index in [1.807, 2.05) is 39.0 Å². The largest absolute Gasteiger partial charge is 0.497 e. The summed E-state index contributed by atoms with van der Waals surface area (Å²) in [6.45, 7) is 13.2. The van der Waals surface area contributed by atoms with Crippen molar-refractivity contribution in [1.82, 2.24) is 4.98 Å². The molecule has 0 amide bonds. The highest BCUT2D eigenvalue weighted by atomic mass is 16.5. The fraction of sp³-hybridized carbons (Fsp3) is 0.516. The number of carbonyl (C=O) groups excluding carboxylic acids is 1. The second kappa shape index (κ2) is 12.9. The molecule has 0 aliphatic rings. The van der Waals surface area contributed by atoms with Gasteiger partial charge in [0.1, 0.15) is 11.3 Å². The highest BCUT2D eigenvalue weighted by Gasteiger charge is 2.36. The number of ether oxygens (including phenoxy) is 3. The zero-order valence-corrected chi connectivity index (χ0v) is 23.8. The van der Waals surface area contributed by atoms with Gasteiger partial charge in [0, 0.05) is 17.6 Å². The van der Waals surface area contributed by atoms with E-state index in [2.05, 4.69) is 25.8 Å². The molecule has 0 aliphatic carbocycles. The van der Waals surface area contributed by atoms with Crippen LogP contribution in [0, 0.1) is 24.2 Å². The van der Waals surface area contributed by atoms with E-state index in [-0.39, 0.29) is 11.9 Å². The third kappa shape index (κ3) is 7.15. The molecule has 0 aliphatic heterocycles. The van der Waals surface area contributed by atoms with E-state index in [0.717, 1.165) is 47.9 Å². The molecule has 0 saturated carbocycles. The molecule has 1 atom stereocenters. The van der Waals surface area contributed by atoms with E-state index >= 15 is 0 Å². The first-order valence-corrected chi connectivity index (χ1v) is 13.4. The molecule has 0 saturated heterocycles. The Morgan fingerprint density at radius 3 is 2.37 bits per heavy atom. The van der Waals surface area contributed by atoms with Crippen LogP contribution in [-0.2, 0) is 9.53 Å². The molecule has 206 valence electrons. The molecule has 0 spiro atoms. The van der Waals surface area contributed by atoms with Crippen molar-refractivity contribution in [2.45, 2.75) is 67.2 Å². The highest BCUT2D eigenvalue weighted by molar-refractivity contribution is 5.82. The molecule has 3 rings (SSSR count). The second-order valence-corrected chi connectivity index (χ2v) is 10.8. The molecular weight excluding hydrogens is 482 g/mol. The number of benzene rings is 1. The summed E-state index contributed by atoms with van der Waals surface area (Å²) in [7, 11) is 1.61. The minimum atomic E-state index is -0.482. The summed E-state index contributed by atoms with van der Waals surface area (Å²) in [4.78, 5) is 29.5. The summed E-state index contributed by atoms with van der Waals surface area (Å²) in [6.07, 6.45) is 5.24. The van der Waals surface area contributed by atoms with Crippen LogP contribution < -0.4 is 15.1 Å². The number of methoxy groups -OCH3 is 1. The van der Waals surface area contributed by atoms with Crippen molar-refractivity contribution in [1.29, 1.82) is 0 Å². The lowest BCUT2D eigenvalue weighted by molar-refractivity contribution is -0.158. The summed E-state index contributed by atoms with van der Waals surface area (Å²) >= 11 is 0. The normalized spacial score (nSPS) is 12.5. The maximum Gasteiger partial charge on any atom is 0.344 e. The molecule has 3 aromatic rings. The standard InChI is InChI=1S/C31H41NO6/c1-20(2)22(4)31(5,6)30(34)37-15-11-9-8-10-14-36-28-18-27-23(19-32-28)17-26(29(33)38-27)25-13-12-24(35-7)16-21(25)3/h12-13,16-20,22H,8-11,14-15H2,1-7H3. The summed E-state index contributed by atoms with van der Waals surface area (Å²) < 4.78 is 22.2. The number of esters is 1. The van der Waals surface area contributed by atoms with E-state index in [1.54, 1.807) is 25.4 Å². The van der Waals surface area contributed by atoms with Gasteiger partial charge in [0.2, 0.25) is 5.88 Å². The van der Waals surface area contributed by atoms with E-state index in [0.29, 0.717) is 36.2 Å². The Hall–Kier alpha value is -3.35. The number of hydrogen-bond acceptors (Lipinski definition) is 7. The lowest BCUT2D eigenvalue weighted by atomic mass is 9.74. The number of nitrogens with zero attached hydrogens (tertiary/aromatic N) is 1. The van der Waals surface area contributed by atoms with Gasteiger partial charge in [-0.05, 0) is 87.6 Å². The van der Waals surface area contributed by atoms with Gasteiger partial charge in [0.25, 0.3) is 0 Å². The van der Waals surface area contributed by atoms with Crippen molar-refractivity contribution in [2.24, 2.45) is 17.3 Å². The average molecular weight is 524 g/mol. The Morgan fingerprint density at radius 2 is 1.71 bits per heavy atom. The maximum absolute atomic E-state index is 12.7. The number of aromatic nitrogens is 1. The number of aryl methyl sites for hydroxylation is 1. The second-order valence-electron chi connectivity index (χ2n) is 10.8. The number of carbonyl (C=O) groups is 1. The van der Waals surface area contributed by atoms with Gasteiger partial charge in [0.05, 0.1) is 31.3 Å². The topological polar surface area (TPSA) is 87.9 Å². The molecule has 1 aromatic carbocycles. The summed E-state index contributed by atoms with van der Waals surface area (Å²) in [5.41, 5.74) is 1.75. The van der Waals surface area contributed by atoms with Gasteiger partial charge in [-0.1, -0.05) is 26.8 Å². The lowest BCUT2D eigenvalue weighted by Crippen LogP contribution is -2.36. The van der Waals surface area contributed by atoms with Gasteiger partial charge in [0.15, 0.2) is 0 Å². The van der Waals surface area contributed by atoms with Crippen LogP contribution in [0.15, 0.2) is 45.7 Å². The first-order chi connectivity index (χ1) is 18.0. The minimum absolute atomic E-state index is 0.123. The highest BCUT2D eigenvalue weighted by Crippen LogP contribution is 2.33. The smallest absolute Gasteiger partial charge is 0.344 e. The third-order valence-corrected chi connectivity index (χ3v) is 7.50. The Kier molecular flexibility index (Phi) is 9.95. The van der Waals surface area contributed by atoms with Crippen LogP contribution in [0.3, 0.4) is 0 Å². The van der Waals surface area contributed by atoms with Gasteiger partial charge >= 0.3 is 11.6 Å². The molecule has 0 radical (unpaired) electrons. The quantitative estimate of drug-likeness (QED) is 0.176. The first kappa shape index (κ1) is 29.2. The lowest BCUT2D eigenvalue weighted by Gasteiger charge is -2.32. The van der Waals surface area contributed by atoms with Crippen LogP contribution >= 0.6 is 0 Å². The average Bonchev–Trinajstić information content (AvgIpc) is 2.89. The predicted molar refractivity (Wildman–Crippen MR) is 150 cm³/mol. The molecule has 1 unspecified atom stereocenters. The Balaban J connectivity index is 1.45. The van der Waals surface area contributed by atoms with Crippen LogP contribution in [0.2, 0.25) is 0 Å². The van der Waals surface area contributed by atoms with Crippen LogP contribution in [0.1, 0.15) is 65.9 Å². The molecule has 7 heteroatoms. The van der Waals surface area contributed by atoms with Crippen LogP contribution in [0.5, 0.6) is 11.6 Å². The van der Waals surface area contributed by atoms with Crippen molar-refractivity contribution in [3.8, 4) is 22.8 Å². The number of fused-ring (bicyclic) bond motifs is 1. The summed E-state index contributed by atoms with van der Waals surface area (Å²) in [5.74, 6) is 1.71. The summed E-state index contributed by atoms with van der Waals surface area (Å²) in [6, 6.07) is 9.01. The SMILES string of the molecule is COc1ccc(-c2cc3cnc(OCCCCCCOC(=O)C(C)(C)C(C)C(C)C)cc3oc2=O)c(C)c1. The molecule has 0 fully saturated rings. The van der Waals surface area contributed by atoms with Crippen molar-refractivity contribution in [3.63, 3.8) is 0 Å². The van der Waals surface area contributed by atoms with Crippen LogP contribution in [0.4, 0.5) is 0 Å². The van der Waals surface area contributed by atoms with Crippen LogP contribution in [-0.4, -0.2) is 31.3 Å². The van der Waals surface area contributed by atoms with E-state index in [4.69, 9.17) is 18.6 Å². The van der Waals surface area contributed by atoms with Crippen molar-refractivity contribution in [2.75, 3.05) is 20.3 Å². The number of hydrogen-bond donors (Lipinski definition) is 0. The van der Waals surface area contributed by atoms with Gasteiger partial charge in [-0.2, -0.15) is 0 Å². The first-order valence-electron chi connectivity index (χ1n) is 13.4. The molecule has 2 heterocycles. The van der Waals surface area contributed by atoms with Crippen molar-refractivity contribution < 1.29 is 23.4 Å². The maximum atomic E-state index is 12.7. The molecule has 0 N–H and O–H groups in total. The fourth-order valence-electron chi connectivity index (χ4n) is 4.43. The Morgan fingerprint density at radius 1 is 1.00 bits per heavy atom. The number of rotatable bonds is 13. The Bertz CT molecular complexity index is 1290. The van der Waals surface area contributed by atoms with E-state index in [1.165, 1.54) is 0 Å². The molecule has 38 heavy (non-hydrogen) atoms. The molecule has 2 aromatic heterocycles. The molecular formula is C31H41NO6. The molecule has 7 nitrogen and oxygen atoms in total. The van der Waals surface area contributed by atoms with Crippen molar-refractivity contribution >= 4 is 16.9 Å². The Labute approximate surface area is 225 Å². The van der Waals surface area contributed by atoms with Gasteiger partial charge in [-0.3, -0.25) is 4.79 Å². The van der Waals surface area contributed by atoms with Crippen molar-refractivity contribution in [3.05, 3.63) is 52.5 Å². The monoisotopic (exact) mass is 523 g/mol. The van der Waals surface area contributed by atoms with E-state index < -0.39 is 11.0 Å².